The molecule has 0 aliphatic heterocycles. The normalized spacial score (nSPS) is 11.1. The quantitative estimate of drug-likeness (QED) is 0.831. The van der Waals surface area contributed by atoms with Crippen LogP contribution in [0.3, 0.4) is 0 Å². The molecular weight excluding hydrogens is 196 g/mol. The monoisotopic (exact) mass is 212 g/mol. The molecule has 0 fully saturated rings. The number of aromatic amines is 1. The first-order chi connectivity index (χ1) is 7.75. The minimum Gasteiger partial charge on any atom is -0.345 e. The number of aromatic nitrogens is 2. The van der Waals surface area contributed by atoms with Gasteiger partial charge in [0.05, 0.1) is 18.2 Å². The summed E-state index contributed by atoms with van der Waals surface area (Å²) in [6.07, 6.45) is 8.69. The van der Waals surface area contributed by atoms with Crippen molar-refractivity contribution in [3.05, 3.63) is 59.2 Å². The number of imidazole rings is 1. The second-order valence-corrected chi connectivity index (χ2v) is 4.04. The Morgan fingerprint density at radius 2 is 2.19 bits per heavy atom. The predicted octanol–water partition coefficient (Wildman–Crippen LogP) is 3.28. The minimum absolute atomic E-state index is 0.963. The molecule has 0 radical (unpaired) electrons. The lowest BCUT2D eigenvalue weighted by Gasteiger charge is -2.03. The van der Waals surface area contributed by atoms with Crippen LogP contribution in [-0.2, 0) is 6.42 Å². The molecule has 0 bridgehead atoms. The molecule has 1 heterocycles. The number of benzene rings is 1. The molecule has 2 rings (SSSR count). The van der Waals surface area contributed by atoms with Gasteiger partial charge in [-0.3, -0.25) is 0 Å². The molecule has 0 unspecified atom stereocenters. The third kappa shape index (κ3) is 2.60. The number of nitrogens with one attached hydrogen (secondary N) is 1. The van der Waals surface area contributed by atoms with Gasteiger partial charge in [0.25, 0.3) is 0 Å². The van der Waals surface area contributed by atoms with Gasteiger partial charge in [-0.25, -0.2) is 4.98 Å². The van der Waals surface area contributed by atoms with Crippen LogP contribution in [0.2, 0.25) is 0 Å². The van der Waals surface area contributed by atoms with Gasteiger partial charge in [0, 0.05) is 0 Å². The zero-order chi connectivity index (χ0) is 11.4. The molecule has 82 valence electrons. The highest BCUT2D eigenvalue weighted by Crippen LogP contribution is 2.12. The summed E-state index contributed by atoms with van der Waals surface area (Å²) in [5, 5.41) is 0. The summed E-state index contributed by atoms with van der Waals surface area (Å²) in [6.45, 7) is 4.28. The van der Waals surface area contributed by atoms with Crippen molar-refractivity contribution in [1.29, 1.82) is 0 Å². The maximum absolute atomic E-state index is 3.97. The molecule has 2 heteroatoms. The van der Waals surface area contributed by atoms with Gasteiger partial charge >= 0.3 is 0 Å². The van der Waals surface area contributed by atoms with Gasteiger partial charge in [-0.05, 0) is 37.5 Å². The molecule has 0 saturated carbocycles. The zero-order valence-electron chi connectivity index (χ0n) is 9.70. The topological polar surface area (TPSA) is 28.7 Å². The Morgan fingerprint density at radius 1 is 1.31 bits per heavy atom. The van der Waals surface area contributed by atoms with Crippen LogP contribution in [0.4, 0.5) is 0 Å². The molecule has 1 aromatic heterocycles. The number of aryl methyl sites for hydroxylation is 2. The summed E-state index contributed by atoms with van der Waals surface area (Å²) in [5.74, 6) is 0. The van der Waals surface area contributed by atoms with E-state index in [0.29, 0.717) is 0 Å². The Morgan fingerprint density at radius 3 is 2.88 bits per heavy atom. The lowest BCUT2D eigenvalue weighted by atomic mass is 10.0. The van der Waals surface area contributed by atoms with Gasteiger partial charge in [-0.15, -0.1) is 0 Å². The van der Waals surface area contributed by atoms with Crippen molar-refractivity contribution >= 4 is 6.08 Å². The summed E-state index contributed by atoms with van der Waals surface area (Å²) in [5.41, 5.74) is 5.10. The Hall–Kier alpha value is -1.83. The molecule has 1 N–H and O–H groups in total. The van der Waals surface area contributed by atoms with Crippen molar-refractivity contribution in [2.75, 3.05) is 0 Å². The smallest absolute Gasteiger partial charge is 0.0924 e. The number of hydrogen-bond donors (Lipinski definition) is 1. The fraction of sp³-hybridized carbons (Fsp3) is 0.214. The maximum atomic E-state index is 3.97. The van der Waals surface area contributed by atoms with Crippen LogP contribution in [0, 0.1) is 13.8 Å². The third-order valence-corrected chi connectivity index (χ3v) is 2.65. The van der Waals surface area contributed by atoms with Crippen LogP contribution >= 0.6 is 0 Å². The Kier molecular flexibility index (Phi) is 3.20. The average molecular weight is 212 g/mol. The van der Waals surface area contributed by atoms with Gasteiger partial charge in [-0.1, -0.05) is 29.8 Å². The Bertz CT molecular complexity index is 481. The highest BCUT2D eigenvalue weighted by atomic mass is 14.8. The number of rotatable bonds is 3. The van der Waals surface area contributed by atoms with Crippen LogP contribution in [0.1, 0.15) is 22.4 Å². The molecule has 1 aromatic carbocycles. The zero-order valence-corrected chi connectivity index (χ0v) is 9.70. The standard InChI is InChI=1S/C14H16N2/c1-11-6-7-13(12(2)8-11)4-3-5-14-9-15-10-16-14/h3,5-10H,4H2,1-2H3,(H,15,16)/b5-3+. The lowest BCUT2D eigenvalue weighted by Crippen LogP contribution is -1.87. The van der Waals surface area contributed by atoms with E-state index in [9.17, 15) is 0 Å². The first-order valence-electron chi connectivity index (χ1n) is 5.47. The van der Waals surface area contributed by atoms with Crippen LogP contribution in [-0.4, -0.2) is 9.97 Å². The maximum Gasteiger partial charge on any atom is 0.0924 e. The lowest BCUT2D eigenvalue weighted by molar-refractivity contribution is 1.20. The van der Waals surface area contributed by atoms with Gasteiger partial charge in [0.1, 0.15) is 0 Å². The van der Waals surface area contributed by atoms with E-state index >= 15 is 0 Å². The average Bonchev–Trinajstić information content (AvgIpc) is 2.74. The SMILES string of the molecule is Cc1ccc(C/C=C/c2cnc[nH]2)c(C)c1. The van der Waals surface area contributed by atoms with Crippen molar-refractivity contribution in [3.8, 4) is 0 Å². The predicted molar refractivity (Wildman–Crippen MR) is 67.2 cm³/mol. The van der Waals surface area contributed by atoms with Crippen molar-refractivity contribution in [1.82, 2.24) is 9.97 Å². The largest absolute Gasteiger partial charge is 0.345 e. The second-order valence-electron chi connectivity index (χ2n) is 4.04. The van der Waals surface area contributed by atoms with E-state index in [1.54, 1.807) is 6.33 Å². The number of nitrogens with zero attached hydrogens (tertiary/aromatic N) is 1. The Balaban J connectivity index is 2.05. The molecule has 2 aromatic rings. The van der Waals surface area contributed by atoms with E-state index in [0.717, 1.165) is 12.1 Å². The van der Waals surface area contributed by atoms with E-state index < -0.39 is 0 Å². The van der Waals surface area contributed by atoms with E-state index in [1.807, 2.05) is 6.20 Å². The molecular formula is C14H16N2. The van der Waals surface area contributed by atoms with Gasteiger partial charge in [0.2, 0.25) is 0 Å². The first-order valence-corrected chi connectivity index (χ1v) is 5.47. The van der Waals surface area contributed by atoms with Crippen molar-refractivity contribution in [2.45, 2.75) is 20.3 Å². The molecule has 16 heavy (non-hydrogen) atoms. The molecule has 0 atom stereocenters. The summed E-state index contributed by atoms with van der Waals surface area (Å²) >= 11 is 0. The van der Waals surface area contributed by atoms with E-state index in [2.05, 4.69) is 54.2 Å². The molecule has 0 saturated heterocycles. The third-order valence-electron chi connectivity index (χ3n) is 2.65. The van der Waals surface area contributed by atoms with E-state index in [1.165, 1.54) is 16.7 Å². The molecule has 0 aliphatic carbocycles. The molecule has 0 aliphatic rings. The van der Waals surface area contributed by atoms with Crippen molar-refractivity contribution < 1.29 is 0 Å². The van der Waals surface area contributed by atoms with E-state index in [-0.39, 0.29) is 0 Å². The number of allylic oxidation sites excluding steroid dienone is 1. The summed E-state index contributed by atoms with van der Waals surface area (Å²) in [7, 11) is 0. The van der Waals surface area contributed by atoms with Crippen molar-refractivity contribution in [2.24, 2.45) is 0 Å². The van der Waals surface area contributed by atoms with Gasteiger partial charge in [0.15, 0.2) is 0 Å². The fourth-order valence-electron chi connectivity index (χ4n) is 1.75. The van der Waals surface area contributed by atoms with Crippen molar-refractivity contribution in [3.63, 3.8) is 0 Å². The summed E-state index contributed by atoms with van der Waals surface area (Å²) in [6, 6.07) is 6.58. The summed E-state index contributed by atoms with van der Waals surface area (Å²) in [4.78, 5) is 7.02. The molecule has 2 nitrogen and oxygen atoms in total. The number of hydrogen-bond acceptors (Lipinski definition) is 1. The van der Waals surface area contributed by atoms with Crippen LogP contribution in [0.15, 0.2) is 36.8 Å². The van der Waals surface area contributed by atoms with Crippen LogP contribution in [0.25, 0.3) is 6.08 Å². The van der Waals surface area contributed by atoms with Crippen LogP contribution in [0.5, 0.6) is 0 Å². The highest BCUT2D eigenvalue weighted by Gasteiger charge is 1.95. The van der Waals surface area contributed by atoms with E-state index in [4.69, 9.17) is 0 Å². The minimum atomic E-state index is 0.963. The second kappa shape index (κ2) is 4.79. The molecule has 0 spiro atoms. The fourth-order valence-corrected chi connectivity index (χ4v) is 1.75. The van der Waals surface area contributed by atoms with Gasteiger partial charge < -0.3 is 4.98 Å². The van der Waals surface area contributed by atoms with Crippen LogP contribution < -0.4 is 0 Å². The number of H-pyrrole nitrogens is 1. The van der Waals surface area contributed by atoms with Gasteiger partial charge in [-0.2, -0.15) is 0 Å². The summed E-state index contributed by atoms with van der Waals surface area (Å²) < 4.78 is 0. The molecule has 0 amide bonds. The Labute approximate surface area is 96.1 Å². The highest BCUT2D eigenvalue weighted by molar-refractivity contribution is 5.44. The first kappa shape index (κ1) is 10.7.